The van der Waals surface area contributed by atoms with Crippen molar-refractivity contribution < 1.29 is 22.9 Å². The van der Waals surface area contributed by atoms with E-state index in [1.165, 1.54) is 18.2 Å². The summed E-state index contributed by atoms with van der Waals surface area (Å²) in [5.74, 6) is 0.125. The molecule has 0 spiro atoms. The van der Waals surface area contributed by atoms with Gasteiger partial charge in [0, 0.05) is 25.2 Å². The summed E-state index contributed by atoms with van der Waals surface area (Å²) in [4.78, 5) is 22.2. The summed E-state index contributed by atoms with van der Waals surface area (Å²) in [6, 6.07) is 21.9. The fourth-order valence-electron chi connectivity index (χ4n) is 2.98. The Labute approximate surface area is 191 Å². The molecule has 0 fully saturated rings. The minimum absolute atomic E-state index is 0.0215. The smallest absolute Gasteiger partial charge is 0.270 e. The summed E-state index contributed by atoms with van der Waals surface area (Å²) in [5.41, 5.74) is 1.77. The molecule has 0 aliphatic heterocycles. The number of ether oxygens (including phenoxy) is 1. The van der Waals surface area contributed by atoms with Gasteiger partial charge in [-0.15, -0.1) is 0 Å². The van der Waals surface area contributed by atoms with E-state index in [9.17, 15) is 23.3 Å². The van der Waals surface area contributed by atoms with Gasteiger partial charge in [0.25, 0.3) is 11.6 Å². The van der Waals surface area contributed by atoms with E-state index in [0.29, 0.717) is 5.75 Å². The van der Waals surface area contributed by atoms with Crippen molar-refractivity contribution in [1.82, 2.24) is 10.0 Å². The molecule has 0 aliphatic carbocycles. The average molecular weight is 470 g/mol. The first-order valence-corrected chi connectivity index (χ1v) is 11.6. The molecule has 172 valence electrons. The molecule has 3 aromatic carbocycles. The zero-order valence-electron chi connectivity index (χ0n) is 17.8. The van der Waals surface area contributed by atoms with Crippen LogP contribution in [0.3, 0.4) is 0 Å². The van der Waals surface area contributed by atoms with Gasteiger partial charge in [0.1, 0.15) is 5.75 Å². The fraction of sp³-hybridized carbons (Fsp3) is 0.174. The zero-order valence-corrected chi connectivity index (χ0v) is 18.6. The van der Waals surface area contributed by atoms with Gasteiger partial charge in [-0.3, -0.25) is 14.9 Å². The van der Waals surface area contributed by atoms with E-state index in [-0.39, 0.29) is 23.7 Å². The van der Waals surface area contributed by atoms with Gasteiger partial charge >= 0.3 is 0 Å². The lowest BCUT2D eigenvalue weighted by Gasteiger charge is -2.15. The van der Waals surface area contributed by atoms with Crippen LogP contribution >= 0.6 is 0 Å². The highest BCUT2D eigenvalue weighted by Gasteiger charge is 2.18. The first kappa shape index (κ1) is 23.9. The fourth-order valence-corrected chi connectivity index (χ4v) is 4.05. The molecule has 33 heavy (non-hydrogen) atoms. The van der Waals surface area contributed by atoms with Crippen molar-refractivity contribution in [3.05, 3.63) is 89.0 Å². The van der Waals surface area contributed by atoms with Crippen molar-refractivity contribution in [1.29, 1.82) is 0 Å². The predicted octanol–water partition coefficient (Wildman–Crippen LogP) is 3.12. The molecule has 0 heterocycles. The Morgan fingerprint density at radius 3 is 2.30 bits per heavy atom. The van der Waals surface area contributed by atoms with Crippen molar-refractivity contribution in [2.75, 3.05) is 13.1 Å². The number of amides is 1. The molecule has 2 N–H and O–H groups in total. The van der Waals surface area contributed by atoms with Crippen LogP contribution in [0, 0.1) is 10.1 Å². The van der Waals surface area contributed by atoms with Crippen molar-refractivity contribution in [3.63, 3.8) is 0 Å². The molecule has 3 rings (SSSR count). The number of nitrogens with one attached hydrogen (secondary N) is 2. The quantitative estimate of drug-likeness (QED) is 0.267. The third kappa shape index (κ3) is 6.61. The molecule has 1 amide bonds. The van der Waals surface area contributed by atoms with Gasteiger partial charge in [-0.1, -0.05) is 48.5 Å². The molecule has 0 radical (unpaired) electrons. The van der Waals surface area contributed by atoms with Gasteiger partial charge in [0.05, 0.1) is 9.82 Å². The number of nitro groups is 1. The molecule has 0 saturated heterocycles. The van der Waals surface area contributed by atoms with Crippen LogP contribution < -0.4 is 14.8 Å². The number of nitro benzene ring substituents is 1. The van der Waals surface area contributed by atoms with E-state index in [4.69, 9.17) is 4.74 Å². The summed E-state index contributed by atoms with van der Waals surface area (Å²) in [6.07, 6.45) is -0.791. The summed E-state index contributed by atoms with van der Waals surface area (Å²) in [5, 5.41) is 13.4. The highest BCUT2D eigenvalue weighted by Crippen LogP contribution is 2.22. The Balaban J connectivity index is 1.46. The van der Waals surface area contributed by atoms with Crippen molar-refractivity contribution in [2.24, 2.45) is 0 Å². The molecule has 0 bridgehead atoms. The topological polar surface area (TPSA) is 128 Å². The Hall–Kier alpha value is -3.76. The lowest BCUT2D eigenvalue weighted by molar-refractivity contribution is -0.385. The number of nitrogens with zero attached hydrogens (tertiary/aromatic N) is 1. The molecule has 1 unspecified atom stereocenters. The third-order valence-corrected chi connectivity index (χ3v) is 6.16. The maximum atomic E-state index is 12.3. The Morgan fingerprint density at radius 2 is 1.64 bits per heavy atom. The van der Waals surface area contributed by atoms with Gasteiger partial charge in [-0.05, 0) is 36.2 Å². The summed E-state index contributed by atoms with van der Waals surface area (Å²) in [7, 11) is -3.95. The number of carbonyl (C=O) groups is 1. The van der Waals surface area contributed by atoms with E-state index in [1.54, 1.807) is 19.1 Å². The van der Waals surface area contributed by atoms with Gasteiger partial charge in [-0.2, -0.15) is 0 Å². The van der Waals surface area contributed by atoms with E-state index >= 15 is 0 Å². The number of carbonyl (C=O) groups excluding carboxylic acids is 1. The maximum Gasteiger partial charge on any atom is 0.270 e. The number of hydrogen-bond donors (Lipinski definition) is 2. The molecule has 0 aliphatic rings. The monoisotopic (exact) mass is 469 g/mol. The molecule has 0 saturated carbocycles. The molecule has 3 aromatic rings. The molecule has 0 aromatic heterocycles. The van der Waals surface area contributed by atoms with Gasteiger partial charge in [-0.25, -0.2) is 13.1 Å². The predicted molar refractivity (Wildman–Crippen MR) is 123 cm³/mol. The second-order valence-electron chi connectivity index (χ2n) is 7.09. The van der Waals surface area contributed by atoms with Crippen LogP contribution in [-0.2, 0) is 14.8 Å². The van der Waals surface area contributed by atoms with Gasteiger partial charge in [0.2, 0.25) is 10.0 Å². The molecular formula is C23H23N3O6S. The Kier molecular flexibility index (Phi) is 7.75. The molecule has 9 nitrogen and oxygen atoms in total. The van der Waals surface area contributed by atoms with E-state index < -0.39 is 27.0 Å². The second-order valence-corrected chi connectivity index (χ2v) is 8.86. The molecule has 10 heteroatoms. The zero-order chi connectivity index (χ0) is 23.8. The summed E-state index contributed by atoms with van der Waals surface area (Å²) in [6.45, 7) is 1.52. The number of non-ortho nitro benzene ring substituents is 1. The first-order chi connectivity index (χ1) is 15.8. The van der Waals surface area contributed by atoms with E-state index in [1.807, 2.05) is 42.5 Å². The molecular weight excluding hydrogens is 446 g/mol. The Morgan fingerprint density at radius 1 is 0.970 bits per heavy atom. The van der Waals surface area contributed by atoms with Crippen molar-refractivity contribution in [3.8, 4) is 16.9 Å². The highest BCUT2D eigenvalue weighted by molar-refractivity contribution is 7.89. The van der Waals surface area contributed by atoms with Crippen LogP contribution in [0.1, 0.15) is 6.92 Å². The number of benzene rings is 3. The maximum absolute atomic E-state index is 12.3. The SMILES string of the molecule is CC(Oc1ccc(-c2ccccc2)cc1)C(=O)NCCNS(=O)(=O)c1cccc([N+](=O)[O-])c1. The van der Waals surface area contributed by atoms with Crippen molar-refractivity contribution >= 4 is 21.6 Å². The van der Waals surface area contributed by atoms with Crippen LogP contribution in [-0.4, -0.2) is 38.4 Å². The number of rotatable bonds is 10. The van der Waals surface area contributed by atoms with E-state index in [0.717, 1.165) is 17.2 Å². The Bertz CT molecular complexity index is 1210. The average Bonchev–Trinajstić information content (AvgIpc) is 2.82. The van der Waals surface area contributed by atoms with Crippen molar-refractivity contribution in [2.45, 2.75) is 17.9 Å². The van der Waals surface area contributed by atoms with Crippen LogP contribution in [0.4, 0.5) is 5.69 Å². The minimum Gasteiger partial charge on any atom is -0.481 e. The lowest BCUT2D eigenvalue weighted by atomic mass is 10.1. The van der Waals surface area contributed by atoms with Crippen LogP contribution in [0.2, 0.25) is 0 Å². The summed E-state index contributed by atoms with van der Waals surface area (Å²) >= 11 is 0. The van der Waals surface area contributed by atoms with Gasteiger partial charge < -0.3 is 10.1 Å². The second kappa shape index (κ2) is 10.7. The van der Waals surface area contributed by atoms with Crippen LogP contribution in [0.15, 0.2) is 83.8 Å². The van der Waals surface area contributed by atoms with Crippen LogP contribution in [0.25, 0.3) is 11.1 Å². The van der Waals surface area contributed by atoms with E-state index in [2.05, 4.69) is 10.0 Å². The van der Waals surface area contributed by atoms with Crippen LogP contribution in [0.5, 0.6) is 5.75 Å². The largest absolute Gasteiger partial charge is 0.481 e. The standard InChI is InChI=1S/C23H23N3O6S/c1-17(32-21-12-10-19(11-13-21)18-6-3-2-4-7-18)23(27)24-14-15-25-33(30,31)22-9-5-8-20(16-22)26(28)29/h2-13,16-17,25H,14-15H2,1H3,(H,24,27). The number of sulfonamides is 1. The first-order valence-electron chi connectivity index (χ1n) is 10.1. The summed E-state index contributed by atoms with van der Waals surface area (Å²) < 4.78 is 32.5. The third-order valence-electron chi connectivity index (χ3n) is 4.70. The normalized spacial score (nSPS) is 12.0. The minimum atomic E-state index is -3.95. The molecule has 1 atom stereocenters. The highest BCUT2D eigenvalue weighted by atomic mass is 32.2. The van der Waals surface area contributed by atoms with Gasteiger partial charge in [0.15, 0.2) is 6.10 Å². The lowest BCUT2D eigenvalue weighted by Crippen LogP contribution is -2.40. The number of hydrogen-bond acceptors (Lipinski definition) is 6.